The Balaban J connectivity index is 2.26. The highest BCUT2D eigenvalue weighted by molar-refractivity contribution is 5.39. The summed E-state index contributed by atoms with van der Waals surface area (Å²) in [6.07, 6.45) is 3.62. The zero-order valence-corrected chi connectivity index (χ0v) is 10.9. The Bertz CT molecular complexity index is 482. The van der Waals surface area contributed by atoms with Gasteiger partial charge in [0, 0.05) is 0 Å². The normalized spacial score (nSPS) is 22.5. The molecule has 19 heavy (non-hydrogen) atoms. The van der Waals surface area contributed by atoms with E-state index in [9.17, 15) is 8.78 Å². The summed E-state index contributed by atoms with van der Waals surface area (Å²) in [5, 5.41) is 9.12. The first kappa shape index (κ1) is 13.8. The van der Waals surface area contributed by atoms with Crippen molar-refractivity contribution in [2.75, 3.05) is 0 Å². The van der Waals surface area contributed by atoms with Crippen LogP contribution in [-0.2, 0) is 6.42 Å². The Morgan fingerprint density at radius 3 is 2.84 bits per heavy atom. The highest BCUT2D eigenvalue weighted by Crippen LogP contribution is 2.40. The highest BCUT2D eigenvalue weighted by atomic mass is 19.3. The van der Waals surface area contributed by atoms with E-state index in [0.29, 0.717) is 6.42 Å². The molecule has 1 aliphatic carbocycles. The van der Waals surface area contributed by atoms with E-state index < -0.39 is 6.61 Å². The van der Waals surface area contributed by atoms with E-state index in [2.05, 4.69) is 10.8 Å². The molecule has 1 aliphatic rings. The molecule has 1 saturated carbocycles. The summed E-state index contributed by atoms with van der Waals surface area (Å²) in [6.45, 7) is -0.886. The lowest BCUT2D eigenvalue weighted by Gasteiger charge is -2.17. The van der Waals surface area contributed by atoms with Gasteiger partial charge in [0.05, 0.1) is 12.0 Å². The number of ether oxygens (including phenoxy) is 1. The van der Waals surface area contributed by atoms with Crippen molar-refractivity contribution in [3.05, 3.63) is 29.3 Å². The number of benzene rings is 1. The Morgan fingerprint density at radius 2 is 2.21 bits per heavy atom. The Morgan fingerprint density at radius 1 is 1.42 bits per heavy atom. The van der Waals surface area contributed by atoms with E-state index >= 15 is 0 Å². The monoisotopic (exact) mass is 265 g/mol. The van der Waals surface area contributed by atoms with E-state index in [4.69, 9.17) is 5.26 Å². The van der Waals surface area contributed by atoms with Crippen LogP contribution in [-0.4, -0.2) is 6.61 Å². The maximum atomic E-state index is 12.3. The first-order chi connectivity index (χ1) is 9.15. The largest absolute Gasteiger partial charge is 0.435 e. The number of alkyl halides is 2. The standard InChI is InChI=1S/C15H17F2NO/c1-2-10-8-11(6-7-14(10)19-15(16)17)13-5-3-4-12(13)9-18/h6-8,12-13,15H,2-5H2,1H3. The molecule has 4 heteroatoms. The topological polar surface area (TPSA) is 33.0 Å². The van der Waals surface area contributed by atoms with Crippen LogP contribution in [0.4, 0.5) is 8.78 Å². The van der Waals surface area contributed by atoms with Crippen molar-refractivity contribution in [1.82, 2.24) is 0 Å². The van der Waals surface area contributed by atoms with Gasteiger partial charge in [0.25, 0.3) is 0 Å². The quantitative estimate of drug-likeness (QED) is 0.815. The smallest absolute Gasteiger partial charge is 0.387 e. The minimum absolute atomic E-state index is 0.0478. The van der Waals surface area contributed by atoms with Gasteiger partial charge in [-0.25, -0.2) is 0 Å². The molecule has 0 heterocycles. The van der Waals surface area contributed by atoms with Crippen LogP contribution in [0.2, 0.25) is 0 Å². The van der Waals surface area contributed by atoms with Gasteiger partial charge in [0.1, 0.15) is 5.75 Å². The Kier molecular flexibility index (Phi) is 4.36. The third-order valence-corrected chi connectivity index (χ3v) is 3.79. The average molecular weight is 265 g/mol. The fraction of sp³-hybridized carbons (Fsp3) is 0.533. The third-order valence-electron chi connectivity index (χ3n) is 3.79. The van der Waals surface area contributed by atoms with Gasteiger partial charge in [-0.3, -0.25) is 0 Å². The van der Waals surface area contributed by atoms with Gasteiger partial charge in [-0.1, -0.05) is 25.5 Å². The predicted octanol–water partition coefficient (Wildman–Crippen LogP) is 4.26. The number of aryl methyl sites for hydroxylation is 1. The fourth-order valence-corrected chi connectivity index (χ4v) is 2.83. The Labute approximate surface area is 112 Å². The van der Waals surface area contributed by atoms with E-state index in [1.807, 2.05) is 19.1 Å². The molecule has 1 fully saturated rings. The molecule has 0 aromatic heterocycles. The molecule has 1 aromatic rings. The summed E-state index contributed by atoms with van der Waals surface area (Å²) in [5.74, 6) is 0.523. The van der Waals surface area contributed by atoms with E-state index in [0.717, 1.165) is 30.4 Å². The lowest BCUT2D eigenvalue weighted by Crippen LogP contribution is -2.07. The van der Waals surface area contributed by atoms with Crippen molar-refractivity contribution in [2.24, 2.45) is 5.92 Å². The molecule has 0 saturated heterocycles. The minimum atomic E-state index is -2.80. The maximum absolute atomic E-state index is 12.3. The van der Waals surface area contributed by atoms with Gasteiger partial charge >= 0.3 is 6.61 Å². The van der Waals surface area contributed by atoms with Gasteiger partial charge in [-0.15, -0.1) is 0 Å². The summed E-state index contributed by atoms with van der Waals surface area (Å²) in [5.41, 5.74) is 1.85. The van der Waals surface area contributed by atoms with Crippen molar-refractivity contribution >= 4 is 0 Å². The van der Waals surface area contributed by atoms with Crippen LogP contribution in [0.15, 0.2) is 18.2 Å². The number of nitriles is 1. The van der Waals surface area contributed by atoms with Gasteiger partial charge in [0.15, 0.2) is 0 Å². The molecule has 0 aliphatic heterocycles. The summed E-state index contributed by atoms with van der Waals surface area (Å²) >= 11 is 0. The SMILES string of the molecule is CCc1cc(C2CCCC2C#N)ccc1OC(F)F. The molecule has 2 atom stereocenters. The van der Waals surface area contributed by atoms with Crippen molar-refractivity contribution in [3.63, 3.8) is 0 Å². The highest BCUT2D eigenvalue weighted by Gasteiger charge is 2.28. The number of halogens is 2. The van der Waals surface area contributed by atoms with E-state index in [1.54, 1.807) is 6.07 Å². The van der Waals surface area contributed by atoms with Gasteiger partial charge in [-0.2, -0.15) is 14.0 Å². The number of nitrogens with zero attached hydrogens (tertiary/aromatic N) is 1. The van der Waals surface area contributed by atoms with Crippen LogP contribution < -0.4 is 4.74 Å². The van der Waals surface area contributed by atoms with Crippen LogP contribution in [0.5, 0.6) is 5.75 Å². The van der Waals surface area contributed by atoms with Crippen LogP contribution in [0.3, 0.4) is 0 Å². The molecule has 0 radical (unpaired) electrons. The van der Waals surface area contributed by atoms with E-state index in [-0.39, 0.29) is 17.6 Å². The summed E-state index contributed by atoms with van der Waals surface area (Å²) in [6, 6.07) is 7.68. The second-order valence-electron chi connectivity index (χ2n) is 4.87. The maximum Gasteiger partial charge on any atom is 0.387 e. The number of hydrogen-bond acceptors (Lipinski definition) is 2. The molecule has 102 valence electrons. The van der Waals surface area contributed by atoms with Gasteiger partial charge in [0.2, 0.25) is 0 Å². The fourth-order valence-electron chi connectivity index (χ4n) is 2.83. The first-order valence-corrected chi connectivity index (χ1v) is 6.63. The molecule has 2 rings (SSSR count). The zero-order chi connectivity index (χ0) is 13.8. The number of rotatable bonds is 4. The van der Waals surface area contributed by atoms with E-state index in [1.165, 1.54) is 0 Å². The summed E-state index contributed by atoms with van der Waals surface area (Å²) < 4.78 is 29.1. The minimum Gasteiger partial charge on any atom is -0.435 e. The van der Waals surface area contributed by atoms with Gasteiger partial charge < -0.3 is 4.74 Å². The van der Waals surface area contributed by atoms with Crippen LogP contribution in [0.25, 0.3) is 0 Å². The molecule has 2 nitrogen and oxygen atoms in total. The molecule has 0 N–H and O–H groups in total. The van der Waals surface area contributed by atoms with Crippen LogP contribution in [0.1, 0.15) is 43.2 Å². The van der Waals surface area contributed by atoms with Crippen LogP contribution in [0, 0.1) is 17.2 Å². The Hall–Kier alpha value is -1.63. The number of hydrogen-bond donors (Lipinski definition) is 0. The molecule has 1 aromatic carbocycles. The summed E-state index contributed by atoms with van der Waals surface area (Å²) in [7, 11) is 0. The average Bonchev–Trinajstić information content (AvgIpc) is 2.87. The van der Waals surface area contributed by atoms with Crippen LogP contribution >= 0.6 is 0 Å². The molecule has 0 bridgehead atoms. The summed E-state index contributed by atoms with van der Waals surface area (Å²) in [4.78, 5) is 0. The van der Waals surface area contributed by atoms with Gasteiger partial charge in [-0.05, 0) is 42.4 Å². The van der Waals surface area contributed by atoms with Crippen molar-refractivity contribution in [1.29, 1.82) is 5.26 Å². The second-order valence-corrected chi connectivity index (χ2v) is 4.87. The predicted molar refractivity (Wildman–Crippen MR) is 68.1 cm³/mol. The lowest BCUT2D eigenvalue weighted by molar-refractivity contribution is -0.0504. The van der Waals surface area contributed by atoms with Crippen molar-refractivity contribution in [3.8, 4) is 11.8 Å². The molecule has 0 amide bonds. The zero-order valence-electron chi connectivity index (χ0n) is 10.9. The second kappa shape index (κ2) is 6.01. The van der Waals surface area contributed by atoms with Crippen molar-refractivity contribution in [2.45, 2.75) is 45.1 Å². The lowest BCUT2D eigenvalue weighted by atomic mass is 9.88. The molecular formula is C15H17F2NO. The van der Waals surface area contributed by atoms with Crippen molar-refractivity contribution < 1.29 is 13.5 Å². The molecular weight excluding hydrogens is 248 g/mol. The molecule has 0 spiro atoms. The molecule has 2 unspecified atom stereocenters. The first-order valence-electron chi connectivity index (χ1n) is 6.63. The third kappa shape index (κ3) is 3.04.